The van der Waals surface area contributed by atoms with Crippen molar-refractivity contribution in [1.29, 1.82) is 0 Å². The summed E-state index contributed by atoms with van der Waals surface area (Å²) in [5.41, 5.74) is 2.33. The first-order chi connectivity index (χ1) is 19.0. The fraction of sp³-hybridized carbons (Fsp3) is 0.259. The van der Waals surface area contributed by atoms with E-state index in [0.29, 0.717) is 47.9 Å². The Bertz CT molecular complexity index is 1640. The number of hydrogen-bond acceptors (Lipinski definition) is 7. The Morgan fingerprint density at radius 1 is 1.13 bits per heavy atom. The van der Waals surface area contributed by atoms with Gasteiger partial charge in [-0.25, -0.2) is 18.7 Å². The van der Waals surface area contributed by atoms with E-state index in [1.165, 1.54) is 24.7 Å². The summed E-state index contributed by atoms with van der Waals surface area (Å²) in [7, 11) is 0. The van der Waals surface area contributed by atoms with Gasteiger partial charge < -0.3 is 9.88 Å². The van der Waals surface area contributed by atoms with Gasteiger partial charge in [-0.3, -0.25) is 24.8 Å². The number of amides is 1. The molecule has 0 bridgehead atoms. The molecular weight excluding hydrogens is 504 g/mol. The van der Waals surface area contributed by atoms with Crippen LogP contribution < -0.4 is 5.32 Å². The molecule has 1 saturated heterocycles. The van der Waals surface area contributed by atoms with Gasteiger partial charge in [0.2, 0.25) is 0 Å². The summed E-state index contributed by atoms with van der Waals surface area (Å²) in [6.45, 7) is 4.06. The molecular formula is C27H25F2N9O. The second kappa shape index (κ2) is 10.3. The molecule has 198 valence electrons. The van der Waals surface area contributed by atoms with Crippen LogP contribution in [-0.2, 0) is 0 Å². The molecule has 12 heteroatoms. The number of fused-ring (bicyclic) bond motifs is 1. The monoisotopic (exact) mass is 529 g/mol. The van der Waals surface area contributed by atoms with Crippen molar-refractivity contribution in [1.82, 2.24) is 44.9 Å². The fourth-order valence-corrected chi connectivity index (χ4v) is 5.16. The molecule has 10 nitrogen and oxygen atoms in total. The predicted octanol–water partition coefficient (Wildman–Crippen LogP) is 3.62. The van der Waals surface area contributed by atoms with Crippen molar-refractivity contribution in [2.75, 3.05) is 19.6 Å². The SMILES string of the molecule is CCN1C[C@@H](NC(=O)c2cc(F)ccn2)C[C@@H](n2c(-c3ccccc3F)nc3cnc(-c4ncn[nH]4)cc32)C1. The number of hydrogen-bond donors (Lipinski definition) is 2. The molecule has 1 fully saturated rings. The van der Waals surface area contributed by atoms with Crippen molar-refractivity contribution in [3.8, 4) is 22.9 Å². The van der Waals surface area contributed by atoms with Gasteiger partial charge in [0.15, 0.2) is 5.82 Å². The minimum atomic E-state index is -0.526. The summed E-state index contributed by atoms with van der Waals surface area (Å²) in [6, 6.07) is 10.3. The van der Waals surface area contributed by atoms with Gasteiger partial charge in [0, 0.05) is 31.4 Å². The van der Waals surface area contributed by atoms with E-state index in [1.807, 2.05) is 17.6 Å². The molecule has 0 spiro atoms. The molecule has 0 unspecified atom stereocenters. The summed E-state index contributed by atoms with van der Waals surface area (Å²) in [5, 5.41) is 9.77. The first-order valence-electron chi connectivity index (χ1n) is 12.6. The smallest absolute Gasteiger partial charge is 0.270 e. The molecule has 6 rings (SSSR count). The lowest BCUT2D eigenvalue weighted by Gasteiger charge is -2.38. The molecule has 1 aliphatic heterocycles. The van der Waals surface area contributed by atoms with E-state index in [2.05, 4.69) is 35.4 Å². The molecule has 0 radical (unpaired) electrons. The summed E-state index contributed by atoms with van der Waals surface area (Å²) in [4.78, 5) is 32.6. The van der Waals surface area contributed by atoms with Gasteiger partial charge in [0.05, 0.1) is 23.3 Å². The van der Waals surface area contributed by atoms with Gasteiger partial charge in [-0.1, -0.05) is 19.1 Å². The number of pyridine rings is 2. The summed E-state index contributed by atoms with van der Waals surface area (Å²) >= 11 is 0. The van der Waals surface area contributed by atoms with E-state index < -0.39 is 11.7 Å². The lowest BCUT2D eigenvalue weighted by Crippen LogP contribution is -2.51. The lowest BCUT2D eigenvalue weighted by molar-refractivity contribution is 0.0874. The van der Waals surface area contributed by atoms with Crippen LogP contribution >= 0.6 is 0 Å². The highest BCUT2D eigenvalue weighted by Crippen LogP contribution is 2.34. The third-order valence-electron chi connectivity index (χ3n) is 6.95. The molecule has 0 saturated carbocycles. The molecule has 39 heavy (non-hydrogen) atoms. The Hall–Kier alpha value is -4.58. The van der Waals surface area contributed by atoms with Crippen LogP contribution in [0.1, 0.15) is 29.9 Å². The quantitative estimate of drug-likeness (QED) is 0.345. The maximum absolute atomic E-state index is 15.1. The first kappa shape index (κ1) is 24.7. The average Bonchev–Trinajstić information content (AvgIpc) is 3.61. The van der Waals surface area contributed by atoms with Crippen molar-refractivity contribution < 1.29 is 13.6 Å². The third kappa shape index (κ3) is 4.86. The van der Waals surface area contributed by atoms with E-state index >= 15 is 4.39 Å². The molecule has 2 atom stereocenters. The van der Waals surface area contributed by atoms with Crippen LogP contribution in [0.5, 0.6) is 0 Å². The van der Waals surface area contributed by atoms with Gasteiger partial charge in [-0.15, -0.1) is 0 Å². The van der Waals surface area contributed by atoms with E-state index in [1.54, 1.807) is 24.4 Å². The van der Waals surface area contributed by atoms with Crippen molar-refractivity contribution in [3.05, 3.63) is 78.5 Å². The van der Waals surface area contributed by atoms with Crippen LogP contribution in [0.3, 0.4) is 0 Å². The van der Waals surface area contributed by atoms with Gasteiger partial charge >= 0.3 is 0 Å². The summed E-state index contributed by atoms with van der Waals surface area (Å²) in [5.74, 6) is -0.383. The normalized spacial score (nSPS) is 17.9. The molecule has 1 amide bonds. The highest BCUT2D eigenvalue weighted by atomic mass is 19.1. The fourth-order valence-electron chi connectivity index (χ4n) is 5.16. The number of carbonyl (C=O) groups excluding carboxylic acids is 1. The number of halogens is 2. The summed E-state index contributed by atoms with van der Waals surface area (Å²) < 4.78 is 30.8. The average molecular weight is 530 g/mol. The van der Waals surface area contributed by atoms with Gasteiger partial charge in [-0.2, -0.15) is 5.10 Å². The number of aromatic nitrogens is 7. The van der Waals surface area contributed by atoms with E-state index in [4.69, 9.17) is 4.98 Å². The van der Waals surface area contributed by atoms with Crippen molar-refractivity contribution in [3.63, 3.8) is 0 Å². The maximum Gasteiger partial charge on any atom is 0.270 e. The van der Waals surface area contributed by atoms with E-state index in [9.17, 15) is 9.18 Å². The predicted molar refractivity (Wildman–Crippen MR) is 140 cm³/mol. The van der Waals surface area contributed by atoms with Crippen LogP contribution in [0.25, 0.3) is 33.9 Å². The standard InChI is InChI=1S/C27H25F2N9O/c1-2-37-13-17(34-27(39)22-9-16(28)7-8-30-22)10-18(14-37)38-24-11-21(25-32-15-33-36-25)31-12-23(24)35-26(38)19-5-3-4-6-20(19)29/h3-9,11-12,15,17-18H,2,10,13-14H2,1H3,(H,34,39)(H,32,33,36)/t17-,18+/m0/s1. The third-order valence-corrected chi connectivity index (χ3v) is 6.95. The maximum atomic E-state index is 15.1. The van der Waals surface area contributed by atoms with Crippen LogP contribution in [0, 0.1) is 11.6 Å². The number of imidazole rings is 1. The number of piperidine rings is 1. The molecule has 4 aromatic heterocycles. The highest BCUT2D eigenvalue weighted by Gasteiger charge is 2.32. The summed E-state index contributed by atoms with van der Waals surface area (Å²) in [6.07, 6.45) is 4.86. The second-order valence-electron chi connectivity index (χ2n) is 9.45. The van der Waals surface area contributed by atoms with Gasteiger partial charge in [-0.05, 0) is 37.2 Å². The minimum Gasteiger partial charge on any atom is -0.347 e. The van der Waals surface area contributed by atoms with Crippen LogP contribution in [0.2, 0.25) is 0 Å². The number of aromatic amines is 1. The zero-order valence-corrected chi connectivity index (χ0v) is 21.1. The number of likely N-dealkylation sites (N-methyl/N-ethyl adjacent to an activating group) is 1. The zero-order valence-electron chi connectivity index (χ0n) is 21.1. The van der Waals surface area contributed by atoms with E-state index in [0.717, 1.165) is 18.1 Å². The molecule has 1 aliphatic rings. The van der Waals surface area contributed by atoms with Gasteiger partial charge in [0.25, 0.3) is 5.91 Å². The Balaban J connectivity index is 1.42. The first-order valence-corrected chi connectivity index (χ1v) is 12.6. The highest BCUT2D eigenvalue weighted by molar-refractivity contribution is 5.92. The van der Waals surface area contributed by atoms with Gasteiger partial charge in [0.1, 0.15) is 40.7 Å². The van der Waals surface area contributed by atoms with Crippen molar-refractivity contribution in [2.24, 2.45) is 0 Å². The number of rotatable bonds is 6. The lowest BCUT2D eigenvalue weighted by atomic mass is 9.99. The van der Waals surface area contributed by atoms with Crippen LogP contribution in [-0.4, -0.2) is 71.2 Å². The van der Waals surface area contributed by atoms with Crippen LogP contribution in [0.15, 0.2) is 61.2 Å². The molecule has 2 N–H and O–H groups in total. The minimum absolute atomic E-state index is 0.0167. The Morgan fingerprint density at radius 3 is 2.77 bits per heavy atom. The number of nitrogens with one attached hydrogen (secondary N) is 2. The molecule has 5 aromatic rings. The Morgan fingerprint density at radius 2 is 2.00 bits per heavy atom. The second-order valence-corrected chi connectivity index (χ2v) is 9.45. The number of H-pyrrole nitrogens is 1. The Kier molecular flexibility index (Phi) is 6.53. The van der Waals surface area contributed by atoms with Crippen LogP contribution in [0.4, 0.5) is 8.78 Å². The molecule has 5 heterocycles. The molecule has 0 aliphatic carbocycles. The number of likely N-dealkylation sites (tertiary alicyclic amines) is 1. The van der Waals surface area contributed by atoms with E-state index in [-0.39, 0.29) is 23.6 Å². The van der Waals surface area contributed by atoms with Crippen molar-refractivity contribution in [2.45, 2.75) is 25.4 Å². The largest absolute Gasteiger partial charge is 0.347 e. The Labute approximate surface area is 222 Å². The topological polar surface area (TPSA) is 118 Å². The number of benzene rings is 1. The van der Waals surface area contributed by atoms with Crippen molar-refractivity contribution >= 4 is 16.9 Å². The number of nitrogens with zero attached hydrogens (tertiary/aromatic N) is 7. The molecule has 1 aromatic carbocycles. The zero-order chi connectivity index (χ0) is 26.9. The number of carbonyl (C=O) groups is 1.